The van der Waals surface area contributed by atoms with Crippen LogP contribution in [0.3, 0.4) is 0 Å². The molecule has 0 bridgehead atoms. The number of methoxy groups -OCH3 is 1. The number of anilines is 1. The number of halogens is 1. The van der Waals surface area contributed by atoms with Crippen molar-refractivity contribution < 1.29 is 17.9 Å². The molecule has 7 nitrogen and oxygen atoms in total. The zero-order valence-corrected chi connectivity index (χ0v) is 20.2. The van der Waals surface area contributed by atoms with Gasteiger partial charge in [-0.1, -0.05) is 35.9 Å². The van der Waals surface area contributed by atoms with Crippen molar-refractivity contribution in [3.8, 4) is 5.75 Å². The zero-order chi connectivity index (χ0) is 23.3. The van der Waals surface area contributed by atoms with Gasteiger partial charge in [0.25, 0.3) is 0 Å². The molecule has 1 N–H and O–H groups in total. The first kappa shape index (κ1) is 24.4. The lowest BCUT2D eigenvalue weighted by molar-refractivity contribution is -0.122. The molecule has 1 saturated heterocycles. The van der Waals surface area contributed by atoms with Crippen LogP contribution in [-0.2, 0) is 27.9 Å². The van der Waals surface area contributed by atoms with E-state index in [0.717, 1.165) is 35.8 Å². The molecule has 0 spiro atoms. The Morgan fingerprint density at radius 1 is 1.16 bits per heavy atom. The lowest BCUT2D eigenvalue weighted by atomic mass is 10.1. The minimum absolute atomic E-state index is 0.219. The maximum absolute atomic E-state index is 12.9. The van der Waals surface area contributed by atoms with E-state index in [1.165, 1.54) is 38.5 Å². The SMILES string of the molecule is COc1ccc(Cl)cc1N(C(C)C(=O)NCc1ccc(CN2CCCC2)cc1)S(C)(=O)=O. The van der Waals surface area contributed by atoms with Gasteiger partial charge in [-0.05, 0) is 62.2 Å². The molecule has 0 aromatic heterocycles. The molecule has 9 heteroatoms. The molecule has 0 saturated carbocycles. The summed E-state index contributed by atoms with van der Waals surface area (Å²) in [4.78, 5) is 15.3. The maximum atomic E-state index is 12.9. The summed E-state index contributed by atoms with van der Waals surface area (Å²) < 4.78 is 31.4. The second kappa shape index (κ2) is 10.6. The van der Waals surface area contributed by atoms with Crippen molar-refractivity contribution in [3.63, 3.8) is 0 Å². The molecule has 3 rings (SSSR count). The average Bonchev–Trinajstić information content (AvgIpc) is 3.25. The highest BCUT2D eigenvalue weighted by atomic mass is 35.5. The van der Waals surface area contributed by atoms with Crippen LogP contribution in [0.4, 0.5) is 5.69 Å². The number of carbonyl (C=O) groups excluding carboxylic acids is 1. The fourth-order valence-corrected chi connectivity index (χ4v) is 5.25. The van der Waals surface area contributed by atoms with E-state index in [2.05, 4.69) is 22.3 Å². The Kier molecular flexibility index (Phi) is 8.03. The van der Waals surface area contributed by atoms with Gasteiger partial charge in [-0.15, -0.1) is 0 Å². The minimum Gasteiger partial charge on any atom is -0.495 e. The van der Waals surface area contributed by atoms with E-state index in [-0.39, 0.29) is 5.69 Å². The minimum atomic E-state index is -3.78. The summed E-state index contributed by atoms with van der Waals surface area (Å²) in [5, 5.41) is 3.18. The van der Waals surface area contributed by atoms with Crippen molar-refractivity contribution in [1.29, 1.82) is 0 Å². The van der Waals surface area contributed by atoms with Gasteiger partial charge in [0.2, 0.25) is 15.9 Å². The van der Waals surface area contributed by atoms with Gasteiger partial charge in [0.05, 0.1) is 19.1 Å². The number of rotatable bonds is 9. The monoisotopic (exact) mass is 479 g/mol. The van der Waals surface area contributed by atoms with Crippen LogP contribution in [0.1, 0.15) is 30.9 Å². The van der Waals surface area contributed by atoms with Crippen molar-refractivity contribution in [2.24, 2.45) is 0 Å². The smallest absolute Gasteiger partial charge is 0.243 e. The van der Waals surface area contributed by atoms with Gasteiger partial charge in [0.1, 0.15) is 11.8 Å². The summed E-state index contributed by atoms with van der Waals surface area (Å²) in [7, 11) is -2.35. The topological polar surface area (TPSA) is 79.0 Å². The van der Waals surface area contributed by atoms with Gasteiger partial charge in [0.15, 0.2) is 0 Å². The third kappa shape index (κ3) is 6.15. The van der Waals surface area contributed by atoms with Crippen LogP contribution in [0.2, 0.25) is 5.02 Å². The van der Waals surface area contributed by atoms with Crippen molar-refractivity contribution in [3.05, 3.63) is 58.6 Å². The van der Waals surface area contributed by atoms with Crippen LogP contribution in [0.15, 0.2) is 42.5 Å². The molecular formula is C23H30ClN3O4S. The van der Waals surface area contributed by atoms with Crippen LogP contribution in [0, 0.1) is 0 Å². The quantitative estimate of drug-likeness (QED) is 0.596. The highest BCUT2D eigenvalue weighted by Gasteiger charge is 2.31. The van der Waals surface area contributed by atoms with Crippen LogP contribution < -0.4 is 14.4 Å². The molecule has 1 aliphatic heterocycles. The summed E-state index contributed by atoms with van der Waals surface area (Å²) >= 11 is 6.08. The predicted molar refractivity (Wildman–Crippen MR) is 128 cm³/mol. The summed E-state index contributed by atoms with van der Waals surface area (Å²) in [6.07, 6.45) is 3.57. The van der Waals surface area contributed by atoms with Crippen molar-refractivity contribution in [2.75, 3.05) is 30.8 Å². The van der Waals surface area contributed by atoms with Gasteiger partial charge in [0, 0.05) is 18.1 Å². The van der Waals surface area contributed by atoms with Crippen LogP contribution in [0.5, 0.6) is 5.75 Å². The standard InChI is InChI=1S/C23H30ClN3O4S/c1-17(27(32(3,29)30)21-14-20(24)10-11-22(21)31-2)23(28)25-15-18-6-8-19(9-7-18)16-26-12-4-5-13-26/h6-11,14,17H,4-5,12-13,15-16H2,1-3H3,(H,25,28). The van der Waals surface area contributed by atoms with E-state index in [1.807, 2.05) is 12.1 Å². The number of nitrogens with one attached hydrogen (secondary N) is 1. The average molecular weight is 480 g/mol. The van der Waals surface area contributed by atoms with Crippen molar-refractivity contribution in [1.82, 2.24) is 10.2 Å². The normalized spacial score (nSPS) is 15.4. The summed E-state index contributed by atoms with van der Waals surface area (Å²) in [5.41, 5.74) is 2.41. The van der Waals surface area contributed by atoms with E-state index < -0.39 is 22.0 Å². The molecule has 1 heterocycles. The Hall–Kier alpha value is -2.29. The Morgan fingerprint density at radius 2 is 1.78 bits per heavy atom. The molecule has 1 aliphatic rings. The van der Waals surface area contributed by atoms with E-state index in [4.69, 9.17) is 16.3 Å². The summed E-state index contributed by atoms with van der Waals surface area (Å²) in [6.45, 7) is 5.07. The van der Waals surface area contributed by atoms with Crippen LogP contribution in [-0.4, -0.2) is 51.7 Å². The maximum Gasteiger partial charge on any atom is 0.243 e. The van der Waals surface area contributed by atoms with E-state index in [0.29, 0.717) is 17.3 Å². The van der Waals surface area contributed by atoms with Gasteiger partial charge in [-0.3, -0.25) is 14.0 Å². The molecule has 174 valence electrons. The molecule has 1 unspecified atom stereocenters. The van der Waals surface area contributed by atoms with Crippen LogP contribution in [0.25, 0.3) is 0 Å². The highest BCUT2D eigenvalue weighted by molar-refractivity contribution is 7.92. The molecule has 2 aromatic rings. The number of carbonyl (C=O) groups is 1. The number of hydrogen-bond acceptors (Lipinski definition) is 5. The molecule has 1 atom stereocenters. The molecule has 32 heavy (non-hydrogen) atoms. The molecule has 1 amide bonds. The number of likely N-dealkylation sites (tertiary alicyclic amines) is 1. The van der Waals surface area contributed by atoms with Crippen LogP contribution >= 0.6 is 11.6 Å². The number of hydrogen-bond donors (Lipinski definition) is 1. The van der Waals surface area contributed by atoms with Crippen molar-refractivity contribution >= 4 is 33.2 Å². The Balaban J connectivity index is 1.68. The third-order valence-electron chi connectivity index (χ3n) is 5.56. The van der Waals surface area contributed by atoms with Gasteiger partial charge >= 0.3 is 0 Å². The first-order chi connectivity index (χ1) is 15.2. The van der Waals surface area contributed by atoms with E-state index in [1.54, 1.807) is 12.1 Å². The van der Waals surface area contributed by atoms with E-state index in [9.17, 15) is 13.2 Å². The largest absolute Gasteiger partial charge is 0.495 e. The lowest BCUT2D eigenvalue weighted by Crippen LogP contribution is -2.47. The van der Waals surface area contributed by atoms with Gasteiger partial charge < -0.3 is 10.1 Å². The summed E-state index contributed by atoms with van der Waals surface area (Å²) in [6, 6.07) is 11.8. The van der Waals surface area contributed by atoms with Gasteiger partial charge in [-0.2, -0.15) is 0 Å². The number of amides is 1. The number of nitrogens with zero attached hydrogens (tertiary/aromatic N) is 2. The number of sulfonamides is 1. The molecule has 2 aromatic carbocycles. The Labute approximate surface area is 195 Å². The van der Waals surface area contributed by atoms with E-state index >= 15 is 0 Å². The number of benzene rings is 2. The fourth-order valence-electron chi connectivity index (χ4n) is 3.91. The molecule has 0 aliphatic carbocycles. The van der Waals surface area contributed by atoms with Crippen molar-refractivity contribution in [2.45, 2.75) is 38.9 Å². The summed E-state index contributed by atoms with van der Waals surface area (Å²) in [5.74, 6) is -0.105. The zero-order valence-electron chi connectivity index (χ0n) is 18.7. The Morgan fingerprint density at radius 3 is 2.38 bits per heavy atom. The predicted octanol–water partition coefficient (Wildman–Crippen LogP) is 3.42. The highest BCUT2D eigenvalue weighted by Crippen LogP contribution is 2.34. The fraction of sp³-hybridized carbons (Fsp3) is 0.435. The number of ether oxygens (including phenoxy) is 1. The Bertz CT molecular complexity index is 1040. The second-order valence-corrected chi connectivity index (χ2v) is 10.4. The first-order valence-electron chi connectivity index (χ1n) is 10.6. The molecular weight excluding hydrogens is 450 g/mol. The molecule has 0 radical (unpaired) electrons. The molecule has 1 fully saturated rings. The second-order valence-electron chi connectivity index (χ2n) is 8.07. The third-order valence-corrected chi connectivity index (χ3v) is 7.02. The lowest BCUT2D eigenvalue weighted by Gasteiger charge is -2.29. The van der Waals surface area contributed by atoms with Gasteiger partial charge in [-0.25, -0.2) is 8.42 Å². The first-order valence-corrected chi connectivity index (χ1v) is 12.8.